The van der Waals surface area contributed by atoms with Crippen molar-refractivity contribution < 1.29 is 19.5 Å². The van der Waals surface area contributed by atoms with E-state index in [1.807, 2.05) is 65.6 Å². The molecule has 2 aromatic heterocycles. The van der Waals surface area contributed by atoms with Gasteiger partial charge in [-0.25, -0.2) is 4.79 Å². The molecule has 12 nitrogen and oxygen atoms in total. The summed E-state index contributed by atoms with van der Waals surface area (Å²) in [5, 5.41) is 34.4. The summed E-state index contributed by atoms with van der Waals surface area (Å²) in [4.78, 5) is 40.4. The summed E-state index contributed by atoms with van der Waals surface area (Å²) in [5.41, 5.74) is 1.78. The number of aromatic nitrogens is 4. The fourth-order valence-electron chi connectivity index (χ4n) is 4.68. The van der Waals surface area contributed by atoms with Gasteiger partial charge in [0.2, 0.25) is 22.1 Å². The van der Waals surface area contributed by atoms with Crippen LogP contribution in [0.25, 0.3) is 0 Å². The molecule has 3 heterocycles. The van der Waals surface area contributed by atoms with Gasteiger partial charge in [-0.15, -0.1) is 20.4 Å². The molecule has 1 unspecified atom stereocenters. The van der Waals surface area contributed by atoms with E-state index in [0.717, 1.165) is 39.1 Å². The van der Waals surface area contributed by atoms with Crippen molar-refractivity contribution in [3.8, 4) is 0 Å². The Morgan fingerprint density at radius 3 is 1.95 bits per heavy atom. The molecule has 1 atom stereocenters. The molecule has 0 bridgehead atoms. The van der Waals surface area contributed by atoms with Crippen molar-refractivity contribution in [1.82, 2.24) is 30.2 Å². The number of nitrogens with zero attached hydrogens (tertiary/aromatic N) is 6. The monoisotopic (exact) mass is 652 g/mol. The van der Waals surface area contributed by atoms with Crippen LogP contribution in [-0.4, -0.2) is 90.9 Å². The van der Waals surface area contributed by atoms with E-state index in [0.29, 0.717) is 49.3 Å². The van der Waals surface area contributed by atoms with Gasteiger partial charge < -0.3 is 15.3 Å². The van der Waals surface area contributed by atoms with Crippen LogP contribution in [0.5, 0.6) is 0 Å². The Kier molecular flexibility index (Phi) is 11.2. The second kappa shape index (κ2) is 15.7. The van der Waals surface area contributed by atoms with Gasteiger partial charge in [0.15, 0.2) is 0 Å². The van der Waals surface area contributed by atoms with Gasteiger partial charge in [0.05, 0.1) is 6.42 Å². The van der Waals surface area contributed by atoms with E-state index >= 15 is 0 Å². The average molecular weight is 653 g/mol. The predicted molar refractivity (Wildman–Crippen MR) is 172 cm³/mol. The van der Waals surface area contributed by atoms with Crippen molar-refractivity contribution in [1.29, 1.82) is 0 Å². The number of thioether (sulfide) groups is 1. The molecular weight excluding hydrogens is 621 g/mol. The summed E-state index contributed by atoms with van der Waals surface area (Å²) >= 11 is 4.51. The molecule has 3 amide bonds. The topological polar surface area (TPSA) is 154 Å². The maximum absolute atomic E-state index is 13.4. The van der Waals surface area contributed by atoms with E-state index in [2.05, 4.69) is 31.0 Å². The molecule has 0 aliphatic carbocycles. The number of nitrogens with one attached hydrogen (secondary N) is 2. The van der Waals surface area contributed by atoms with Crippen LogP contribution < -0.4 is 10.6 Å². The van der Waals surface area contributed by atoms with E-state index in [4.69, 9.17) is 0 Å². The number of aryl methyl sites for hydroxylation is 2. The largest absolute Gasteiger partial charge is 0.465 e. The predicted octanol–water partition coefficient (Wildman–Crippen LogP) is 4.06. The standard InChI is InChI=1S/C29H32N8O4S3/c38-22(19-20-7-3-1-4-8-20)30-27-34-32-23(43-27)11-17-42-18-12-24-33-35-28(44-24)31-26(39)25(21-9-5-2-6-10-21)36-13-15-37(16-14-36)29(40)41/h1-10,25H,11-19H2,(H,40,41)(H,30,34,38)(H,31,35,39). The second-order valence-electron chi connectivity index (χ2n) is 9.93. The Hall–Kier alpha value is -3.92. The quantitative estimate of drug-likeness (QED) is 0.180. The highest BCUT2D eigenvalue weighted by molar-refractivity contribution is 7.99. The minimum atomic E-state index is -0.945. The van der Waals surface area contributed by atoms with Crippen molar-refractivity contribution in [2.45, 2.75) is 25.3 Å². The number of piperazine rings is 1. The lowest BCUT2D eigenvalue weighted by Gasteiger charge is -2.37. The molecule has 1 saturated heterocycles. The maximum atomic E-state index is 13.4. The van der Waals surface area contributed by atoms with Crippen molar-refractivity contribution in [3.05, 3.63) is 81.8 Å². The van der Waals surface area contributed by atoms with Crippen LogP contribution in [0.4, 0.5) is 15.1 Å². The SMILES string of the molecule is O=C(Cc1ccccc1)Nc1nnc(CCSCCc2nnc(NC(=O)C(c3ccccc3)N3CCN(C(=O)O)CC3)s2)s1. The van der Waals surface area contributed by atoms with Crippen LogP contribution in [-0.2, 0) is 28.9 Å². The van der Waals surface area contributed by atoms with E-state index in [1.165, 1.54) is 27.6 Å². The van der Waals surface area contributed by atoms with Gasteiger partial charge in [0, 0.05) is 39.0 Å². The number of amides is 3. The third kappa shape index (κ3) is 9.05. The lowest BCUT2D eigenvalue weighted by atomic mass is 10.0. The fraction of sp³-hybridized carbons (Fsp3) is 0.345. The molecule has 1 aliphatic rings. The van der Waals surface area contributed by atoms with Crippen molar-refractivity contribution in [2.75, 3.05) is 48.3 Å². The normalized spacial score (nSPS) is 14.2. The minimum Gasteiger partial charge on any atom is -0.465 e. The van der Waals surface area contributed by atoms with Crippen LogP contribution in [0, 0.1) is 0 Å². The molecule has 1 fully saturated rings. The molecule has 2 aromatic carbocycles. The van der Waals surface area contributed by atoms with Crippen LogP contribution in [0.15, 0.2) is 60.7 Å². The first-order valence-corrected chi connectivity index (χ1v) is 16.9. The molecule has 4 aromatic rings. The first kappa shape index (κ1) is 31.5. The fourth-order valence-corrected chi connectivity index (χ4v) is 7.32. The molecule has 3 N–H and O–H groups in total. The number of anilines is 2. The van der Waals surface area contributed by atoms with E-state index in [9.17, 15) is 19.5 Å². The van der Waals surface area contributed by atoms with Crippen molar-refractivity contribution in [3.63, 3.8) is 0 Å². The maximum Gasteiger partial charge on any atom is 0.407 e. The smallest absolute Gasteiger partial charge is 0.407 e. The number of carboxylic acid groups (broad SMARTS) is 1. The molecule has 0 spiro atoms. The third-order valence-electron chi connectivity index (χ3n) is 6.85. The molecule has 1 aliphatic heterocycles. The number of hydrogen-bond donors (Lipinski definition) is 3. The molecule has 230 valence electrons. The molecule has 0 saturated carbocycles. The van der Waals surface area contributed by atoms with Gasteiger partial charge >= 0.3 is 6.09 Å². The van der Waals surface area contributed by atoms with Crippen molar-refractivity contribution >= 4 is 62.6 Å². The second-order valence-corrected chi connectivity index (χ2v) is 13.3. The summed E-state index contributed by atoms with van der Waals surface area (Å²) < 4.78 is 0. The Bertz CT molecular complexity index is 1530. The van der Waals surface area contributed by atoms with Gasteiger partial charge in [0.25, 0.3) is 0 Å². The van der Waals surface area contributed by atoms with Crippen molar-refractivity contribution in [2.24, 2.45) is 0 Å². The number of hydrogen-bond acceptors (Lipinski definition) is 11. The zero-order valence-corrected chi connectivity index (χ0v) is 26.2. The number of rotatable bonds is 13. The first-order chi connectivity index (χ1) is 21.4. The highest BCUT2D eigenvalue weighted by Crippen LogP contribution is 2.26. The van der Waals surface area contributed by atoms with Crippen LogP contribution in [0.1, 0.15) is 27.2 Å². The number of carbonyl (C=O) groups is 3. The minimum absolute atomic E-state index is 0.116. The Labute approximate surface area is 266 Å². The summed E-state index contributed by atoms with van der Waals surface area (Å²) in [6.45, 7) is 1.61. The summed E-state index contributed by atoms with van der Waals surface area (Å²) in [7, 11) is 0. The van der Waals surface area contributed by atoms with Crippen LogP contribution >= 0.6 is 34.4 Å². The summed E-state index contributed by atoms with van der Waals surface area (Å²) in [5.74, 6) is 1.35. The number of benzene rings is 2. The molecule has 0 radical (unpaired) electrons. The average Bonchev–Trinajstić information content (AvgIpc) is 3.67. The third-order valence-corrected chi connectivity index (χ3v) is 9.63. The van der Waals surface area contributed by atoms with Gasteiger partial charge in [-0.2, -0.15) is 11.8 Å². The van der Waals surface area contributed by atoms with Crippen LogP contribution in [0.3, 0.4) is 0 Å². The Morgan fingerprint density at radius 1 is 0.795 bits per heavy atom. The zero-order valence-electron chi connectivity index (χ0n) is 23.8. The van der Waals surface area contributed by atoms with Gasteiger partial charge in [0.1, 0.15) is 16.1 Å². The molecular formula is C29H32N8O4S3. The molecule has 44 heavy (non-hydrogen) atoms. The highest BCUT2D eigenvalue weighted by Gasteiger charge is 2.32. The van der Waals surface area contributed by atoms with Gasteiger partial charge in [-0.05, 0) is 22.6 Å². The molecule has 15 heteroatoms. The van der Waals surface area contributed by atoms with Gasteiger partial charge in [-0.3, -0.25) is 19.8 Å². The number of carbonyl (C=O) groups excluding carboxylic acids is 2. The lowest BCUT2D eigenvalue weighted by Crippen LogP contribution is -2.51. The summed E-state index contributed by atoms with van der Waals surface area (Å²) in [6.07, 6.45) is 0.811. The van der Waals surface area contributed by atoms with Crippen LogP contribution in [0.2, 0.25) is 0 Å². The Morgan fingerprint density at radius 2 is 1.36 bits per heavy atom. The Balaban J connectivity index is 1.05. The lowest BCUT2D eigenvalue weighted by molar-refractivity contribution is -0.122. The van der Waals surface area contributed by atoms with Gasteiger partial charge in [-0.1, -0.05) is 83.3 Å². The van der Waals surface area contributed by atoms with E-state index in [1.54, 1.807) is 11.8 Å². The zero-order chi connectivity index (χ0) is 30.7. The first-order valence-electron chi connectivity index (χ1n) is 14.1. The van der Waals surface area contributed by atoms with E-state index < -0.39 is 12.1 Å². The summed E-state index contributed by atoms with van der Waals surface area (Å²) in [6, 6.07) is 18.5. The van der Waals surface area contributed by atoms with E-state index in [-0.39, 0.29) is 11.8 Å². The highest BCUT2D eigenvalue weighted by atomic mass is 32.2. The molecule has 5 rings (SSSR count).